The molecule has 112 valence electrons. The van der Waals surface area contributed by atoms with Crippen LogP contribution in [-0.4, -0.2) is 28.9 Å². The Balaban J connectivity index is 1.88. The molecule has 0 fully saturated rings. The molecule has 9 heteroatoms. The molecule has 0 aliphatic rings. The lowest BCUT2D eigenvalue weighted by molar-refractivity contribution is -0.176. The molecule has 1 heterocycles. The highest BCUT2D eigenvalue weighted by Gasteiger charge is 2.27. The summed E-state index contributed by atoms with van der Waals surface area (Å²) in [6.45, 7) is -1.47. The predicted molar refractivity (Wildman–Crippen MR) is 70.0 cm³/mol. The van der Waals surface area contributed by atoms with Crippen molar-refractivity contribution in [2.45, 2.75) is 12.8 Å². The van der Waals surface area contributed by atoms with Crippen LogP contribution < -0.4 is 5.32 Å². The van der Waals surface area contributed by atoms with Crippen molar-refractivity contribution in [3.63, 3.8) is 0 Å². The van der Waals surface area contributed by atoms with Crippen molar-refractivity contribution in [1.29, 1.82) is 0 Å². The zero-order chi connectivity index (χ0) is 15.3. The Bertz CT molecular complexity index is 585. The number of anilines is 1. The summed E-state index contributed by atoms with van der Waals surface area (Å²) in [5.41, 5.74) is 2.40. The van der Waals surface area contributed by atoms with Crippen LogP contribution in [0.3, 0.4) is 0 Å². The lowest BCUT2D eigenvalue weighted by Gasteiger charge is -2.08. The maximum atomic E-state index is 11.9. The fourth-order valence-corrected chi connectivity index (χ4v) is 1.87. The average molecular weight is 317 g/mol. The van der Waals surface area contributed by atoms with Gasteiger partial charge >= 0.3 is 6.18 Å². The highest BCUT2D eigenvalue weighted by Crippen LogP contribution is 2.16. The quantitative estimate of drug-likeness (QED) is 0.921. The molecular weight excluding hydrogens is 307 g/mol. The third kappa shape index (κ3) is 5.12. The molecule has 2 aromatic rings. The van der Waals surface area contributed by atoms with Gasteiger partial charge in [0.1, 0.15) is 12.1 Å². The second-order valence-electron chi connectivity index (χ2n) is 4.00. The van der Waals surface area contributed by atoms with E-state index in [-0.39, 0.29) is 12.5 Å². The van der Waals surface area contributed by atoms with E-state index < -0.39 is 12.8 Å². The van der Waals surface area contributed by atoms with E-state index in [0.717, 1.165) is 0 Å². The van der Waals surface area contributed by atoms with Crippen molar-refractivity contribution in [1.82, 2.24) is 10.2 Å². The number of nitrogens with zero attached hydrogens (tertiary/aromatic N) is 2. The molecule has 0 saturated heterocycles. The minimum absolute atomic E-state index is 0.169. The fourth-order valence-electron chi connectivity index (χ4n) is 1.43. The molecule has 0 aliphatic carbocycles. The second kappa shape index (κ2) is 6.64. The SMILES string of the molecule is O=C(Nc1nncs1)c1ccc(COCC(F)(F)F)cc1. The van der Waals surface area contributed by atoms with Crippen LogP contribution in [0.5, 0.6) is 0 Å². The van der Waals surface area contributed by atoms with Gasteiger partial charge in [-0.3, -0.25) is 10.1 Å². The molecule has 1 amide bonds. The number of ether oxygens (including phenoxy) is 1. The number of aromatic nitrogens is 2. The highest BCUT2D eigenvalue weighted by atomic mass is 32.1. The van der Waals surface area contributed by atoms with E-state index in [4.69, 9.17) is 0 Å². The zero-order valence-corrected chi connectivity index (χ0v) is 11.4. The van der Waals surface area contributed by atoms with E-state index >= 15 is 0 Å². The number of hydrogen-bond acceptors (Lipinski definition) is 5. The fraction of sp³-hybridized carbons (Fsp3) is 0.250. The van der Waals surface area contributed by atoms with Crippen molar-refractivity contribution in [3.8, 4) is 0 Å². The first-order valence-corrected chi connectivity index (χ1v) is 6.63. The molecule has 2 rings (SSSR count). The normalized spacial score (nSPS) is 11.4. The molecule has 0 unspecified atom stereocenters. The number of halogens is 3. The van der Waals surface area contributed by atoms with Gasteiger partial charge in [-0.25, -0.2) is 0 Å². The first kappa shape index (κ1) is 15.4. The number of alkyl halides is 3. The summed E-state index contributed by atoms with van der Waals surface area (Å²) in [5, 5.41) is 10.2. The zero-order valence-electron chi connectivity index (χ0n) is 10.6. The first-order chi connectivity index (χ1) is 9.94. The van der Waals surface area contributed by atoms with E-state index in [1.165, 1.54) is 41.1 Å². The Labute approximate surface area is 121 Å². The predicted octanol–water partition coefficient (Wildman–Crippen LogP) is 2.87. The van der Waals surface area contributed by atoms with Gasteiger partial charge < -0.3 is 4.74 Å². The molecule has 0 radical (unpaired) electrons. The standard InChI is InChI=1S/C12H10F3N3O2S/c13-12(14,15)6-20-5-8-1-3-9(4-2-8)10(19)17-11-18-16-7-21-11/h1-4,7H,5-6H2,(H,17,18,19). The monoisotopic (exact) mass is 317 g/mol. The summed E-state index contributed by atoms with van der Waals surface area (Å²) in [7, 11) is 0. The number of benzene rings is 1. The molecular formula is C12H10F3N3O2S. The Morgan fingerprint density at radius 3 is 2.57 bits per heavy atom. The molecule has 0 bridgehead atoms. The van der Waals surface area contributed by atoms with E-state index in [2.05, 4.69) is 20.3 Å². The highest BCUT2D eigenvalue weighted by molar-refractivity contribution is 7.13. The average Bonchev–Trinajstić information content (AvgIpc) is 2.91. The third-order valence-corrected chi connectivity index (χ3v) is 2.94. The van der Waals surface area contributed by atoms with Gasteiger partial charge in [-0.05, 0) is 17.7 Å². The molecule has 0 atom stereocenters. The molecule has 0 aliphatic heterocycles. The summed E-state index contributed by atoms with van der Waals surface area (Å²) in [6.07, 6.45) is -4.35. The van der Waals surface area contributed by atoms with E-state index in [1.807, 2.05) is 0 Å². The van der Waals surface area contributed by atoms with Crippen LogP contribution in [0.2, 0.25) is 0 Å². The Hall–Kier alpha value is -2.00. The van der Waals surface area contributed by atoms with Crippen molar-refractivity contribution < 1.29 is 22.7 Å². The molecule has 21 heavy (non-hydrogen) atoms. The maximum absolute atomic E-state index is 11.9. The number of rotatable bonds is 5. The minimum Gasteiger partial charge on any atom is -0.367 e. The Kier molecular flexibility index (Phi) is 4.86. The number of amides is 1. The number of hydrogen-bond donors (Lipinski definition) is 1. The molecule has 1 aromatic heterocycles. The van der Waals surface area contributed by atoms with Gasteiger partial charge in [0, 0.05) is 5.56 Å². The summed E-state index contributed by atoms with van der Waals surface area (Å²) < 4.78 is 40.3. The van der Waals surface area contributed by atoms with Gasteiger partial charge in [0.05, 0.1) is 6.61 Å². The van der Waals surface area contributed by atoms with Crippen LogP contribution in [0.4, 0.5) is 18.3 Å². The van der Waals surface area contributed by atoms with Crippen LogP contribution >= 0.6 is 11.3 Å². The van der Waals surface area contributed by atoms with Crippen LogP contribution in [0.25, 0.3) is 0 Å². The minimum atomic E-state index is -4.35. The number of carbonyl (C=O) groups is 1. The molecule has 1 aromatic carbocycles. The van der Waals surface area contributed by atoms with Crippen molar-refractivity contribution in [2.24, 2.45) is 0 Å². The third-order valence-electron chi connectivity index (χ3n) is 2.33. The van der Waals surface area contributed by atoms with Crippen LogP contribution in [-0.2, 0) is 11.3 Å². The summed E-state index contributed by atoms with van der Waals surface area (Å²) in [4.78, 5) is 11.8. The maximum Gasteiger partial charge on any atom is 0.411 e. The van der Waals surface area contributed by atoms with Gasteiger partial charge in [0.25, 0.3) is 5.91 Å². The first-order valence-electron chi connectivity index (χ1n) is 5.75. The lowest BCUT2D eigenvalue weighted by Crippen LogP contribution is -2.16. The molecule has 5 nitrogen and oxygen atoms in total. The Morgan fingerprint density at radius 2 is 2.00 bits per heavy atom. The molecule has 1 N–H and O–H groups in total. The van der Waals surface area contributed by atoms with E-state index in [9.17, 15) is 18.0 Å². The largest absolute Gasteiger partial charge is 0.411 e. The summed E-state index contributed by atoms with van der Waals surface area (Å²) >= 11 is 1.18. The van der Waals surface area contributed by atoms with Crippen LogP contribution in [0.15, 0.2) is 29.8 Å². The van der Waals surface area contributed by atoms with Gasteiger partial charge in [-0.15, -0.1) is 10.2 Å². The van der Waals surface area contributed by atoms with Crippen molar-refractivity contribution in [3.05, 3.63) is 40.9 Å². The van der Waals surface area contributed by atoms with Crippen molar-refractivity contribution >= 4 is 22.4 Å². The smallest absolute Gasteiger partial charge is 0.367 e. The van der Waals surface area contributed by atoms with Gasteiger partial charge in [-0.1, -0.05) is 23.5 Å². The topological polar surface area (TPSA) is 64.1 Å². The number of nitrogens with one attached hydrogen (secondary N) is 1. The second-order valence-corrected chi connectivity index (χ2v) is 4.84. The van der Waals surface area contributed by atoms with Crippen LogP contribution in [0, 0.1) is 0 Å². The van der Waals surface area contributed by atoms with E-state index in [1.54, 1.807) is 0 Å². The van der Waals surface area contributed by atoms with Crippen molar-refractivity contribution in [2.75, 3.05) is 11.9 Å². The molecule has 0 saturated carbocycles. The molecule has 0 spiro atoms. The van der Waals surface area contributed by atoms with Gasteiger partial charge in [-0.2, -0.15) is 13.2 Å². The van der Waals surface area contributed by atoms with Gasteiger partial charge in [0.15, 0.2) is 0 Å². The van der Waals surface area contributed by atoms with Gasteiger partial charge in [0.2, 0.25) is 5.13 Å². The Morgan fingerprint density at radius 1 is 1.29 bits per heavy atom. The number of carbonyl (C=O) groups excluding carboxylic acids is 1. The summed E-state index contributed by atoms with van der Waals surface area (Å²) in [6, 6.07) is 6.07. The lowest BCUT2D eigenvalue weighted by atomic mass is 10.1. The van der Waals surface area contributed by atoms with E-state index in [0.29, 0.717) is 16.3 Å². The van der Waals surface area contributed by atoms with Crippen LogP contribution in [0.1, 0.15) is 15.9 Å². The summed E-state index contributed by atoms with van der Waals surface area (Å²) in [5.74, 6) is -0.366.